The van der Waals surface area contributed by atoms with E-state index in [4.69, 9.17) is 9.47 Å². The molecule has 0 aliphatic carbocycles. The molecule has 1 fully saturated rings. The molecule has 1 heterocycles. The Morgan fingerprint density at radius 3 is 1.90 bits per heavy atom. The minimum Gasteiger partial charge on any atom is -0.496 e. The molecule has 0 aromatic heterocycles. The summed E-state index contributed by atoms with van der Waals surface area (Å²) in [5, 5.41) is 0. The Morgan fingerprint density at radius 2 is 1.35 bits per heavy atom. The molecule has 0 radical (unpaired) electrons. The molecule has 7 nitrogen and oxygen atoms in total. The molecule has 164 valence electrons. The lowest BCUT2D eigenvalue weighted by atomic mass is 10.0. The van der Waals surface area contributed by atoms with E-state index in [2.05, 4.69) is 0 Å². The van der Waals surface area contributed by atoms with Crippen molar-refractivity contribution in [1.82, 2.24) is 9.80 Å². The number of carbonyl (C=O) groups is 3. The van der Waals surface area contributed by atoms with Crippen LogP contribution in [0.3, 0.4) is 0 Å². The largest absolute Gasteiger partial charge is 0.496 e. The van der Waals surface area contributed by atoms with Gasteiger partial charge in [-0.05, 0) is 19.1 Å². The van der Waals surface area contributed by atoms with E-state index >= 15 is 0 Å². The van der Waals surface area contributed by atoms with Crippen molar-refractivity contribution in [2.75, 3.05) is 40.4 Å². The van der Waals surface area contributed by atoms with Gasteiger partial charge in [-0.2, -0.15) is 0 Å². The van der Waals surface area contributed by atoms with Gasteiger partial charge in [0, 0.05) is 44.6 Å². The summed E-state index contributed by atoms with van der Waals surface area (Å²) < 4.78 is 10.7. The van der Waals surface area contributed by atoms with Gasteiger partial charge in [-0.1, -0.05) is 35.9 Å². The predicted octanol–water partition coefficient (Wildman–Crippen LogP) is 2.96. The molecular formula is C24H28N2O5. The van der Waals surface area contributed by atoms with Gasteiger partial charge in [0.1, 0.15) is 17.1 Å². The maximum Gasteiger partial charge on any atom is 0.261 e. The summed E-state index contributed by atoms with van der Waals surface area (Å²) in [5.41, 5.74) is 2.10. The van der Waals surface area contributed by atoms with Gasteiger partial charge in [-0.25, -0.2) is 0 Å². The molecule has 0 bridgehead atoms. The second-order valence-electron chi connectivity index (χ2n) is 7.50. The molecular weight excluding hydrogens is 396 g/mol. The molecule has 0 spiro atoms. The zero-order valence-electron chi connectivity index (χ0n) is 18.2. The summed E-state index contributed by atoms with van der Waals surface area (Å²) in [6.45, 7) is 3.66. The van der Waals surface area contributed by atoms with Crippen LogP contribution < -0.4 is 9.47 Å². The average Bonchev–Trinajstić information content (AvgIpc) is 2.81. The molecule has 2 amide bonds. The lowest BCUT2D eigenvalue weighted by molar-refractivity contribution is -0.132. The third-order valence-corrected chi connectivity index (χ3v) is 5.50. The summed E-state index contributed by atoms with van der Waals surface area (Å²) >= 11 is 0. The Morgan fingerprint density at radius 1 is 0.806 bits per heavy atom. The van der Waals surface area contributed by atoms with E-state index in [0.29, 0.717) is 48.8 Å². The number of hydrogen-bond donors (Lipinski definition) is 0. The number of rotatable bonds is 7. The van der Waals surface area contributed by atoms with Gasteiger partial charge in [-0.3, -0.25) is 14.4 Å². The van der Waals surface area contributed by atoms with E-state index in [1.54, 1.807) is 40.1 Å². The first-order chi connectivity index (χ1) is 14.9. The topological polar surface area (TPSA) is 76.2 Å². The number of piperazine rings is 1. The first-order valence-corrected chi connectivity index (χ1v) is 10.3. The molecule has 1 aliphatic rings. The van der Waals surface area contributed by atoms with Gasteiger partial charge in [0.25, 0.3) is 5.91 Å². The molecule has 2 aromatic rings. The van der Waals surface area contributed by atoms with Crippen molar-refractivity contribution in [3.05, 3.63) is 59.2 Å². The summed E-state index contributed by atoms with van der Waals surface area (Å²) in [6, 6.07) is 12.6. The number of methoxy groups -OCH3 is 2. The molecule has 0 saturated carbocycles. The fourth-order valence-corrected chi connectivity index (χ4v) is 3.64. The summed E-state index contributed by atoms with van der Waals surface area (Å²) in [5.74, 6) is 0.624. The minimum atomic E-state index is -0.184. The molecule has 0 unspecified atom stereocenters. The van der Waals surface area contributed by atoms with Crippen LogP contribution in [0.4, 0.5) is 0 Å². The molecule has 0 atom stereocenters. The van der Waals surface area contributed by atoms with Gasteiger partial charge in [0.2, 0.25) is 5.91 Å². The second kappa shape index (κ2) is 10.1. The van der Waals surface area contributed by atoms with Crippen LogP contribution in [0, 0.1) is 6.92 Å². The highest BCUT2D eigenvalue weighted by Gasteiger charge is 2.28. The lowest BCUT2D eigenvalue weighted by Gasteiger charge is -2.35. The maximum absolute atomic E-state index is 13.0. The number of carbonyl (C=O) groups excluding carboxylic acids is 3. The number of benzene rings is 2. The highest BCUT2D eigenvalue weighted by molar-refractivity contribution is 6.00. The van der Waals surface area contributed by atoms with Crippen molar-refractivity contribution in [2.45, 2.75) is 19.8 Å². The Kier molecular flexibility index (Phi) is 7.28. The van der Waals surface area contributed by atoms with Gasteiger partial charge < -0.3 is 19.3 Å². The van der Waals surface area contributed by atoms with Crippen LogP contribution in [0.1, 0.15) is 39.1 Å². The second-order valence-corrected chi connectivity index (χ2v) is 7.50. The number of amides is 2. The highest BCUT2D eigenvalue weighted by atomic mass is 16.5. The Labute approximate surface area is 182 Å². The quantitative estimate of drug-likeness (QED) is 0.639. The van der Waals surface area contributed by atoms with E-state index in [0.717, 1.165) is 5.56 Å². The van der Waals surface area contributed by atoms with Crippen LogP contribution >= 0.6 is 0 Å². The van der Waals surface area contributed by atoms with Crippen molar-refractivity contribution in [1.29, 1.82) is 0 Å². The number of hydrogen-bond acceptors (Lipinski definition) is 5. The van der Waals surface area contributed by atoms with Crippen molar-refractivity contribution in [3.8, 4) is 11.5 Å². The molecule has 1 aliphatic heterocycles. The number of nitrogens with zero attached hydrogens (tertiary/aromatic N) is 2. The minimum absolute atomic E-state index is 0.0366. The lowest BCUT2D eigenvalue weighted by Crippen LogP contribution is -2.50. The highest BCUT2D eigenvalue weighted by Crippen LogP contribution is 2.30. The number of aryl methyl sites for hydroxylation is 1. The Bertz CT molecular complexity index is 925. The zero-order chi connectivity index (χ0) is 22.4. The molecule has 7 heteroatoms. The van der Waals surface area contributed by atoms with Crippen LogP contribution in [-0.2, 0) is 4.79 Å². The fraction of sp³-hybridized carbons (Fsp3) is 0.375. The molecule has 0 N–H and O–H groups in total. The summed E-state index contributed by atoms with van der Waals surface area (Å²) in [4.78, 5) is 41.3. The average molecular weight is 424 g/mol. The summed E-state index contributed by atoms with van der Waals surface area (Å²) in [6.07, 6.45) is 0.348. The van der Waals surface area contributed by atoms with Crippen molar-refractivity contribution in [3.63, 3.8) is 0 Å². The molecule has 31 heavy (non-hydrogen) atoms. The first-order valence-electron chi connectivity index (χ1n) is 10.3. The molecule has 1 saturated heterocycles. The van der Waals surface area contributed by atoms with E-state index in [1.165, 1.54) is 14.2 Å². The smallest absolute Gasteiger partial charge is 0.261 e. The van der Waals surface area contributed by atoms with Gasteiger partial charge in [0.05, 0.1) is 14.2 Å². The van der Waals surface area contributed by atoms with Gasteiger partial charge in [0.15, 0.2) is 5.78 Å². The predicted molar refractivity (Wildman–Crippen MR) is 117 cm³/mol. The number of ether oxygens (including phenoxy) is 2. The third-order valence-electron chi connectivity index (χ3n) is 5.50. The third kappa shape index (κ3) is 5.23. The number of Topliss-reactive ketones (excluding diaryl/α,β-unsaturated/α-hetero) is 1. The number of ketones is 1. The van der Waals surface area contributed by atoms with Crippen LogP contribution in [0.2, 0.25) is 0 Å². The molecule has 2 aromatic carbocycles. The van der Waals surface area contributed by atoms with Crippen molar-refractivity contribution in [2.24, 2.45) is 0 Å². The van der Waals surface area contributed by atoms with Crippen LogP contribution in [-0.4, -0.2) is 67.8 Å². The summed E-state index contributed by atoms with van der Waals surface area (Å²) in [7, 11) is 3.03. The first kappa shape index (κ1) is 22.3. The van der Waals surface area contributed by atoms with Crippen molar-refractivity contribution >= 4 is 17.6 Å². The maximum atomic E-state index is 13.0. The van der Waals surface area contributed by atoms with E-state index in [-0.39, 0.29) is 30.4 Å². The fourth-order valence-electron chi connectivity index (χ4n) is 3.64. The SMILES string of the molecule is COc1cccc(OC)c1C(=O)N1CCN(C(=O)CCC(=O)c2ccc(C)cc2)CC1. The van der Waals surface area contributed by atoms with Gasteiger partial charge >= 0.3 is 0 Å². The van der Waals surface area contributed by atoms with E-state index in [1.807, 2.05) is 19.1 Å². The monoisotopic (exact) mass is 424 g/mol. The van der Waals surface area contributed by atoms with Crippen LogP contribution in [0.25, 0.3) is 0 Å². The van der Waals surface area contributed by atoms with E-state index in [9.17, 15) is 14.4 Å². The van der Waals surface area contributed by atoms with Crippen molar-refractivity contribution < 1.29 is 23.9 Å². The van der Waals surface area contributed by atoms with Crippen LogP contribution in [0.15, 0.2) is 42.5 Å². The standard InChI is InChI=1S/C24H28N2O5/c1-17-7-9-18(10-8-17)19(27)11-12-22(28)25-13-15-26(16-14-25)24(29)23-20(30-2)5-4-6-21(23)31-3/h4-10H,11-16H2,1-3H3. The van der Waals surface area contributed by atoms with E-state index < -0.39 is 0 Å². The Balaban J connectivity index is 1.54. The van der Waals surface area contributed by atoms with Gasteiger partial charge in [-0.15, -0.1) is 0 Å². The normalized spacial score (nSPS) is 13.6. The zero-order valence-corrected chi connectivity index (χ0v) is 18.2. The molecule has 3 rings (SSSR count). The Hall–Kier alpha value is -3.35. The van der Waals surface area contributed by atoms with Crippen LogP contribution in [0.5, 0.6) is 11.5 Å².